The third-order valence-electron chi connectivity index (χ3n) is 5.19. The molecule has 0 unspecified atom stereocenters. The molecular formula is C19H21F2N3O3. The van der Waals surface area contributed by atoms with Crippen LogP contribution in [0.25, 0.3) is 5.69 Å². The summed E-state index contributed by atoms with van der Waals surface area (Å²) >= 11 is 0. The van der Waals surface area contributed by atoms with E-state index in [-0.39, 0.29) is 29.2 Å². The fourth-order valence-corrected chi connectivity index (χ4v) is 3.92. The quantitative estimate of drug-likeness (QED) is 0.804. The molecule has 1 aromatic carbocycles. The van der Waals surface area contributed by atoms with Gasteiger partial charge in [0.15, 0.2) is 11.5 Å². The molecule has 144 valence electrons. The minimum absolute atomic E-state index is 0.157. The summed E-state index contributed by atoms with van der Waals surface area (Å²) in [6.07, 6.45) is 1.77. The predicted molar refractivity (Wildman–Crippen MR) is 93.0 cm³/mol. The van der Waals surface area contributed by atoms with Crippen LogP contribution in [0.4, 0.5) is 8.78 Å². The van der Waals surface area contributed by atoms with Crippen LogP contribution in [0.1, 0.15) is 34.1 Å². The molecule has 0 radical (unpaired) electrons. The monoisotopic (exact) mass is 377 g/mol. The highest BCUT2D eigenvalue weighted by molar-refractivity contribution is 5.94. The van der Waals surface area contributed by atoms with Crippen LogP contribution in [0.2, 0.25) is 0 Å². The minimum Gasteiger partial charge on any atom is -0.382 e. The Morgan fingerprint density at radius 1 is 1.33 bits per heavy atom. The molecule has 1 heterocycles. The highest BCUT2D eigenvalue weighted by atomic mass is 19.1. The zero-order valence-electron chi connectivity index (χ0n) is 15.2. The first kappa shape index (κ1) is 18.1. The van der Waals surface area contributed by atoms with Gasteiger partial charge in [0.05, 0.1) is 24.9 Å². The maximum atomic E-state index is 14.3. The number of carbonyl (C=O) groups excluding carboxylic acids is 1. The summed E-state index contributed by atoms with van der Waals surface area (Å²) in [6, 6.07) is 3.06. The van der Waals surface area contributed by atoms with Crippen molar-refractivity contribution >= 4 is 5.91 Å². The average molecular weight is 377 g/mol. The van der Waals surface area contributed by atoms with Crippen molar-refractivity contribution in [1.82, 2.24) is 15.1 Å². The van der Waals surface area contributed by atoms with Gasteiger partial charge in [0.2, 0.25) is 0 Å². The topological polar surface area (TPSA) is 65.4 Å². The number of methoxy groups -OCH3 is 2. The maximum Gasteiger partial charge on any atom is 0.272 e. The zero-order chi connectivity index (χ0) is 19.1. The Balaban J connectivity index is 1.69. The number of hydrogen-bond acceptors (Lipinski definition) is 4. The van der Waals surface area contributed by atoms with Crippen molar-refractivity contribution < 1.29 is 23.0 Å². The zero-order valence-corrected chi connectivity index (χ0v) is 15.2. The normalized spacial score (nSPS) is 19.9. The van der Waals surface area contributed by atoms with Crippen LogP contribution in [0.3, 0.4) is 0 Å². The average Bonchev–Trinajstić information content (AvgIpc) is 3.12. The van der Waals surface area contributed by atoms with Gasteiger partial charge >= 0.3 is 0 Å². The summed E-state index contributed by atoms with van der Waals surface area (Å²) in [4.78, 5) is 12.8. The largest absolute Gasteiger partial charge is 0.382 e. The number of nitrogens with one attached hydrogen (secondary N) is 1. The van der Waals surface area contributed by atoms with E-state index in [0.29, 0.717) is 19.1 Å². The number of rotatable bonds is 7. The van der Waals surface area contributed by atoms with Gasteiger partial charge in [0.1, 0.15) is 11.5 Å². The van der Waals surface area contributed by atoms with Gasteiger partial charge in [-0.2, -0.15) is 5.10 Å². The molecule has 0 spiro atoms. The molecule has 1 aromatic heterocycles. The highest BCUT2D eigenvalue weighted by Gasteiger charge is 2.50. The Morgan fingerprint density at radius 2 is 2.07 bits per heavy atom. The summed E-state index contributed by atoms with van der Waals surface area (Å²) in [6.45, 7) is 0.612. The molecule has 2 aliphatic carbocycles. The van der Waals surface area contributed by atoms with Gasteiger partial charge in [-0.15, -0.1) is 0 Å². The summed E-state index contributed by atoms with van der Waals surface area (Å²) in [7, 11) is 3.10. The predicted octanol–water partition coefficient (Wildman–Crippen LogP) is 2.20. The van der Waals surface area contributed by atoms with Gasteiger partial charge in [-0.05, 0) is 30.9 Å². The van der Waals surface area contributed by atoms with Crippen molar-refractivity contribution in [3.05, 3.63) is 46.8 Å². The number of halogens is 2. The summed E-state index contributed by atoms with van der Waals surface area (Å²) in [5, 5.41) is 7.27. The summed E-state index contributed by atoms with van der Waals surface area (Å²) in [5.74, 6) is -0.925. The molecule has 1 amide bonds. The van der Waals surface area contributed by atoms with Crippen LogP contribution < -0.4 is 5.32 Å². The second-order valence-corrected chi connectivity index (χ2v) is 7.11. The summed E-state index contributed by atoms with van der Waals surface area (Å²) < 4.78 is 39.3. The number of fused-ring (bicyclic) bond motifs is 3. The molecule has 0 bridgehead atoms. The lowest BCUT2D eigenvalue weighted by molar-refractivity contribution is 0.0774. The first-order chi connectivity index (χ1) is 13.0. The molecule has 2 aliphatic rings. The van der Waals surface area contributed by atoms with Crippen LogP contribution in [-0.2, 0) is 15.9 Å². The lowest BCUT2D eigenvalue weighted by Gasteiger charge is -2.16. The van der Waals surface area contributed by atoms with Crippen molar-refractivity contribution in [1.29, 1.82) is 0 Å². The summed E-state index contributed by atoms with van der Waals surface area (Å²) in [5.41, 5.74) is 2.17. The Hall–Kier alpha value is -2.32. The van der Waals surface area contributed by atoms with Crippen molar-refractivity contribution in [3.63, 3.8) is 0 Å². The number of hydrogen-bond donors (Lipinski definition) is 1. The van der Waals surface area contributed by atoms with Crippen LogP contribution in [0.15, 0.2) is 18.2 Å². The van der Waals surface area contributed by atoms with E-state index in [0.717, 1.165) is 30.2 Å². The van der Waals surface area contributed by atoms with Gasteiger partial charge in [-0.25, -0.2) is 13.5 Å². The van der Waals surface area contributed by atoms with Crippen LogP contribution in [-0.4, -0.2) is 49.2 Å². The van der Waals surface area contributed by atoms with Crippen LogP contribution >= 0.6 is 0 Å². The van der Waals surface area contributed by atoms with Gasteiger partial charge in [0.25, 0.3) is 5.91 Å². The Kier molecular flexibility index (Phi) is 4.69. The number of ether oxygens (including phenoxy) is 2. The molecule has 0 aliphatic heterocycles. The Morgan fingerprint density at radius 3 is 2.74 bits per heavy atom. The molecule has 2 aromatic rings. The van der Waals surface area contributed by atoms with Crippen molar-refractivity contribution in [3.8, 4) is 5.69 Å². The third-order valence-corrected chi connectivity index (χ3v) is 5.19. The molecule has 6 nitrogen and oxygen atoms in total. The molecule has 1 N–H and O–H groups in total. The van der Waals surface area contributed by atoms with E-state index in [9.17, 15) is 13.6 Å². The fraction of sp³-hybridized carbons (Fsp3) is 0.474. The number of benzene rings is 1. The van der Waals surface area contributed by atoms with Gasteiger partial charge < -0.3 is 14.8 Å². The van der Waals surface area contributed by atoms with E-state index in [2.05, 4.69) is 10.4 Å². The smallest absolute Gasteiger partial charge is 0.272 e. The maximum absolute atomic E-state index is 14.3. The van der Waals surface area contributed by atoms with E-state index in [1.54, 1.807) is 14.2 Å². The van der Waals surface area contributed by atoms with E-state index >= 15 is 0 Å². The second-order valence-electron chi connectivity index (χ2n) is 7.11. The Labute approximate surface area is 155 Å². The molecule has 1 saturated carbocycles. The second kappa shape index (κ2) is 7.01. The molecule has 27 heavy (non-hydrogen) atoms. The first-order valence-electron chi connectivity index (χ1n) is 8.89. The van der Waals surface area contributed by atoms with Crippen molar-refractivity contribution in [2.24, 2.45) is 5.92 Å². The number of aromatic nitrogens is 2. The molecule has 4 rings (SSSR count). The molecule has 8 heteroatoms. The van der Waals surface area contributed by atoms with Crippen LogP contribution in [0.5, 0.6) is 0 Å². The standard InChI is InChI=1S/C19H21F2N3O3/c1-26-8-12(9-27-2)22-19(25)17-14-6-10-5-13(10)18(14)24(23-17)16-4-3-11(20)7-15(16)21/h3-4,7,10,12-13H,5-6,8-9H2,1-2H3,(H,22,25)/t10-,13-/m1/s1. The minimum atomic E-state index is -0.701. The lowest BCUT2D eigenvalue weighted by atomic mass is 10.1. The molecule has 2 atom stereocenters. The Bertz CT molecular complexity index is 877. The van der Waals surface area contributed by atoms with Gasteiger partial charge in [-0.1, -0.05) is 0 Å². The third kappa shape index (κ3) is 3.23. The van der Waals surface area contributed by atoms with Crippen molar-refractivity contribution in [2.75, 3.05) is 27.4 Å². The van der Waals surface area contributed by atoms with E-state index in [4.69, 9.17) is 9.47 Å². The lowest BCUT2D eigenvalue weighted by Crippen LogP contribution is -2.41. The van der Waals surface area contributed by atoms with Crippen molar-refractivity contribution in [2.45, 2.75) is 24.8 Å². The fourth-order valence-electron chi connectivity index (χ4n) is 3.92. The highest BCUT2D eigenvalue weighted by Crippen LogP contribution is 2.57. The number of amides is 1. The van der Waals surface area contributed by atoms with E-state index in [1.165, 1.54) is 16.8 Å². The molecule has 1 fully saturated rings. The molecular weight excluding hydrogens is 356 g/mol. The van der Waals surface area contributed by atoms with Gasteiger partial charge in [0, 0.05) is 31.8 Å². The van der Waals surface area contributed by atoms with Crippen LogP contribution in [0, 0.1) is 17.6 Å². The number of carbonyl (C=O) groups is 1. The van der Waals surface area contributed by atoms with Gasteiger partial charge in [-0.3, -0.25) is 4.79 Å². The first-order valence-corrected chi connectivity index (χ1v) is 8.89. The SMILES string of the molecule is COCC(COC)NC(=O)c1nn(-c2ccc(F)cc2F)c2c1C[C@H]1C[C@@H]21. The van der Waals surface area contributed by atoms with E-state index < -0.39 is 11.6 Å². The number of nitrogens with zero attached hydrogens (tertiary/aromatic N) is 2. The van der Waals surface area contributed by atoms with E-state index in [1.807, 2.05) is 0 Å². The molecule has 0 saturated heterocycles.